The van der Waals surface area contributed by atoms with E-state index < -0.39 is 71.8 Å². The van der Waals surface area contributed by atoms with E-state index in [-0.39, 0.29) is 0 Å². The smallest absolute Gasteiger partial charge is 0.200 e. The average molecular weight is 576 g/mol. The zero-order valence-corrected chi connectivity index (χ0v) is 16.2. The zero-order valence-electron chi connectivity index (χ0n) is 16.2. The van der Waals surface area contributed by atoms with Gasteiger partial charge in [0.05, 0.1) is 0 Å². The lowest BCUT2D eigenvalue weighted by Gasteiger charge is -2.44. The molecular formula is C14H9F21. The van der Waals surface area contributed by atoms with Gasteiger partial charge in [0.2, 0.25) is 0 Å². The van der Waals surface area contributed by atoms with Gasteiger partial charge < -0.3 is 0 Å². The number of rotatable bonds is 10. The molecule has 0 unspecified atom stereocenters. The summed E-state index contributed by atoms with van der Waals surface area (Å²) < 4.78 is 275. The van der Waals surface area contributed by atoms with E-state index in [4.69, 9.17) is 0 Å². The second-order valence-electron chi connectivity index (χ2n) is 7.40. The van der Waals surface area contributed by atoms with Gasteiger partial charge in [-0.3, -0.25) is 0 Å². The Balaban J connectivity index is 7.03. The Morgan fingerprint density at radius 1 is 0.343 bits per heavy atom. The van der Waals surface area contributed by atoms with Crippen LogP contribution in [0.25, 0.3) is 0 Å². The van der Waals surface area contributed by atoms with E-state index in [1.165, 1.54) is 0 Å². The predicted molar refractivity (Wildman–Crippen MR) is 70.0 cm³/mol. The highest BCUT2D eigenvalue weighted by Gasteiger charge is 2.97. The molecule has 0 nitrogen and oxygen atoms in total. The summed E-state index contributed by atoms with van der Waals surface area (Å²) in [6, 6.07) is 0. The van der Waals surface area contributed by atoms with Crippen LogP contribution < -0.4 is 0 Å². The van der Waals surface area contributed by atoms with Crippen LogP contribution in [0.1, 0.15) is 20.3 Å². The van der Waals surface area contributed by atoms with E-state index >= 15 is 0 Å². The third-order valence-electron chi connectivity index (χ3n) is 4.24. The van der Waals surface area contributed by atoms with Crippen LogP contribution in [0.15, 0.2) is 0 Å². The van der Waals surface area contributed by atoms with Crippen molar-refractivity contribution < 1.29 is 92.2 Å². The highest BCUT2D eigenvalue weighted by molar-refractivity contribution is 5.17. The maximum Gasteiger partial charge on any atom is 0.460 e. The second-order valence-corrected chi connectivity index (χ2v) is 7.40. The maximum atomic E-state index is 13.5. The lowest BCUT2D eigenvalue weighted by Crippen LogP contribution is -2.76. The summed E-state index contributed by atoms with van der Waals surface area (Å²) in [5, 5.41) is 0. The van der Waals surface area contributed by atoms with Crippen molar-refractivity contribution in [2.24, 2.45) is 5.92 Å². The SMILES string of the molecule is CC(C)CC(F)(F)C(F)(F)C(F)(F)C(F)(F)C(F)(F)C(F)(F)C(F)(F)C(F)(F)C(F)(F)C(F)(F)F. The molecular weight excluding hydrogens is 567 g/mol. The van der Waals surface area contributed by atoms with Crippen LogP contribution >= 0.6 is 0 Å². The first-order chi connectivity index (χ1) is 14.7. The van der Waals surface area contributed by atoms with Crippen molar-refractivity contribution in [1.82, 2.24) is 0 Å². The van der Waals surface area contributed by atoms with Crippen molar-refractivity contribution in [3.05, 3.63) is 0 Å². The van der Waals surface area contributed by atoms with Crippen molar-refractivity contribution in [2.45, 2.75) is 79.7 Å². The summed E-state index contributed by atoms with van der Waals surface area (Å²) in [5.74, 6) is -78.1. The molecule has 0 saturated carbocycles. The minimum atomic E-state index is -9.13. The van der Waals surface area contributed by atoms with Gasteiger partial charge in [-0.15, -0.1) is 0 Å². The molecule has 0 aliphatic heterocycles. The van der Waals surface area contributed by atoms with E-state index in [0.29, 0.717) is 13.8 Å². The molecule has 212 valence electrons. The summed E-state index contributed by atoms with van der Waals surface area (Å²) in [6.45, 7) is 1.04. The van der Waals surface area contributed by atoms with E-state index in [2.05, 4.69) is 0 Å². The number of hydrogen-bond donors (Lipinski definition) is 0. The van der Waals surface area contributed by atoms with Crippen molar-refractivity contribution in [2.75, 3.05) is 0 Å². The number of alkyl halides is 21. The van der Waals surface area contributed by atoms with Crippen LogP contribution in [0.3, 0.4) is 0 Å². The summed E-state index contributed by atoms with van der Waals surface area (Å²) >= 11 is 0. The first-order valence-electron chi connectivity index (χ1n) is 8.14. The van der Waals surface area contributed by atoms with E-state index in [9.17, 15) is 92.2 Å². The molecule has 35 heavy (non-hydrogen) atoms. The van der Waals surface area contributed by atoms with Gasteiger partial charge in [-0.25, -0.2) is 0 Å². The molecule has 0 fully saturated rings. The Morgan fingerprint density at radius 3 is 0.743 bits per heavy atom. The average Bonchev–Trinajstić information content (AvgIpc) is 2.58. The third-order valence-corrected chi connectivity index (χ3v) is 4.24. The quantitative estimate of drug-likeness (QED) is 0.230. The van der Waals surface area contributed by atoms with E-state index in [0.717, 1.165) is 0 Å². The zero-order chi connectivity index (χ0) is 29.3. The van der Waals surface area contributed by atoms with Crippen LogP contribution in [0.5, 0.6) is 0 Å². The van der Waals surface area contributed by atoms with Crippen molar-refractivity contribution >= 4 is 0 Å². The Morgan fingerprint density at radius 2 is 0.543 bits per heavy atom. The van der Waals surface area contributed by atoms with Gasteiger partial charge in [-0.1, -0.05) is 13.8 Å². The predicted octanol–water partition coefficient (Wildman–Crippen LogP) is 8.31. The lowest BCUT2D eigenvalue weighted by molar-refractivity contribution is -0.474. The van der Waals surface area contributed by atoms with Gasteiger partial charge in [0.1, 0.15) is 0 Å². The Kier molecular flexibility index (Phi) is 7.92. The minimum Gasteiger partial charge on any atom is -0.200 e. The molecule has 0 saturated heterocycles. The molecule has 0 aliphatic rings. The van der Waals surface area contributed by atoms with Gasteiger partial charge in [-0.2, -0.15) is 92.2 Å². The molecule has 0 bridgehead atoms. The number of halogens is 21. The molecule has 0 aromatic rings. The highest BCUT2D eigenvalue weighted by Crippen LogP contribution is 2.66. The van der Waals surface area contributed by atoms with Gasteiger partial charge in [0, 0.05) is 6.42 Å². The molecule has 0 amide bonds. The third kappa shape index (κ3) is 4.24. The number of hydrogen-bond acceptors (Lipinski definition) is 0. The van der Waals surface area contributed by atoms with Crippen LogP contribution in [0.2, 0.25) is 0 Å². The van der Waals surface area contributed by atoms with Crippen LogP contribution in [0, 0.1) is 5.92 Å². The van der Waals surface area contributed by atoms with Gasteiger partial charge in [-0.05, 0) is 5.92 Å². The molecule has 0 aromatic heterocycles. The fourth-order valence-corrected chi connectivity index (χ4v) is 2.23. The first-order valence-corrected chi connectivity index (χ1v) is 8.14. The normalized spacial score (nSPS) is 16.8. The van der Waals surface area contributed by atoms with Gasteiger partial charge >= 0.3 is 59.5 Å². The Hall–Kier alpha value is -1.47. The van der Waals surface area contributed by atoms with Crippen LogP contribution in [-0.2, 0) is 0 Å². The summed E-state index contributed by atoms with van der Waals surface area (Å²) in [4.78, 5) is 0. The van der Waals surface area contributed by atoms with Gasteiger partial charge in [0.15, 0.2) is 0 Å². The minimum absolute atomic E-state index is 0.520. The molecule has 0 aromatic carbocycles. The van der Waals surface area contributed by atoms with Crippen molar-refractivity contribution in [3.8, 4) is 0 Å². The second kappa shape index (κ2) is 8.27. The van der Waals surface area contributed by atoms with E-state index in [1.54, 1.807) is 0 Å². The van der Waals surface area contributed by atoms with Crippen LogP contribution in [-0.4, -0.2) is 59.5 Å². The summed E-state index contributed by atoms with van der Waals surface area (Å²) in [7, 11) is 0. The highest BCUT2D eigenvalue weighted by atomic mass is 19.4. The van der Waals surface area contributed by atoms with Gasteiger partial charge in [0.25, 0.3) is 0 Å². The largest absolute Gasteiger partial charge is 0.460 e. The molecule has 0 atom stereocenters. The fourth-order valence-electron chi connectivity index (χ4n) is 2.23. The fraction of sp³-hybridized carbons (Fsp3) is 1.00. The molecule has 21 heteroatoms. The Bertz CT molecular complexity index is 754. The Labute approximate surface area is 179 Å². The first kappa shape index (κ1) is 33.5. The standard InChI is InChI=1S/C14H9F21/c1-4(2)3-5(15,16)6(17,18)7(19,20)8(21,22)9(23,24)10(25,26)11(27,28)12(29,30)13(31,32)14(33,34)35/h4H,3H2,1-2H3. The molecule has 0 heterocycles. The molecule has 0 rings (SSSR count). The van der Waals surface area contributed by atoms with Crippen molar-refractivity contribution in [1.29, 1.82) is 0 Å². The van der Waals surface area contributed by atoms with Crippen molar-refractivity contribution in [3.63, 3.8) is 0 Å². The molecule has 0 radical (unpaired) electrons. The van der Waals surface area contributed by atoms with Crippen LogP contribution in [0.4, 0.5) is 92.2 Å². The maximum absolute atomic E-state index is 13.5. The summed E-state index contributed by atoms with van der Waals surface area (Å²) in [6.07, 6.45) is -10.6. The molecule has 0 aliphatic carbocycles. The monoisotopic (exact) mass is 576 g/mol. The lowest BCUT2D eigenvalue weighted by atomic mass is 9.85. The topological polar surface area (TPSA) is 0 Å². The molecule has 0 spiro atoms. The molecule has 0 N–H and O–H groups in total. The summed E-state index contributed by atoms with van der Waals surface area (Å²) in [5.41, 5.74) is 0. The van der Waals surface area contributed by atoms with E-state index in [1.807, 2.05) is 0 Å².